The topological polar surface area (TPSA) is 55.1 Å². The summed E-state index contributed by atoms with van der Waals surface area (Å²) < 4.78 is 0. The molecule has 5 rings (SSSR count). The van der Waals surface area contributed by atoms with Crippen molar-refractivity contribution in [1.82, 2.24) is 5.32 Å². The molecule has 0 saturated heterocycles. The fraction of sp³-hybridized carbons (Fsp3) is 0.794. The molecule has 3 nitrogen and oxygen atoms in total. The Morgan fingerprint density at radius 2 is 1.73 bits per heavy atom. The van der Waals surface area contributed by atoms with E-state index in [2.05, 4.69) is 38.2 Å². The monoisotopic (exact) mass is 506 g/mol. The Balaban J connectivity index is 1.13. The van der Waals surface area contributed by atoms with Crippen molar-refractivity contribution in [3.8, 4) is 0 Å². The second kappa shape index (κ2) is 11.0. The molecule has 0 radical (unpaired) electrons. The number of hydrogen-bond acceptors (Lipinski definition) is 2. The molecule has 3 heteroatoms. The minimum atomic E-state index is 0.0574. The third-order valence-electron chi connectivity index (χ3n) is 12.4. The first-order valence-electron chi connectivity index (χ1n) is 15.9. The quantitative estimate of drug-likeness (QED) is 0.333. The van der Waals surface area contributed by atoms with Crippen LogP contribution in [0.3, 0.4) is 0 Å². The largest absolute Gasteiger partial charge is 0.352 e. The average Bonchev–Trinajstić information content (AvgIpc) is 3.24. The van der Waals surface area contributed by atoms with Crippen LogP contribution in [0.2, 0.25) is 0 Å². The Kier molecular flexibility index (Phi) is 8.11. The maximum Gasteiger partial charge on any atom is 0.220 e. The Morgan fingerprint density at radius 3 is 2.51 bits per heavy atom. The number of amides is 1. The van der Waals surface area contributed by atoms with Crippen LogP contribution in [0.4, 0.5) is 0 Å². The van der Waals surface area contributed by atoms with E-state index in [0.29, 0.717) is 29.7 Å². The van der Waals surface area contributed by atoms with Crippen molar-refractivity contribution in [2.45, 2.75) is 129 Å². The zero-order valence-electron chi connectivity index (χ0n) is 24.1. The second-order valence-corrected chi connectivity index (χ2v) is 14.1. The fourth-order valence-electron chi connectivity index (χ4n) is 10.6. The molecule has 0 heterocycles. The van der Waals surface area contributed by atoms with Crippen LogP contribution < -0.4 is 11.1 Å². The molecule has 0 spiro atoms. The summed E-state index contributed by atoms with van der Waals surface area (Å²) in [5.74, 6) is 4.21. The number of carbonyl (C=O) groups is 1. The maximum atomic E-state index is 12.3. The lowest BCUT2D eigenvalue weighted by molar-refractivity contribution is -0.149. The van der Waals surface area contributed by atoms with Crippen molar-refractivity contribution >= 4 is 5.91 Å². The molecular weight excluding hydrogens is 452 g/mol. The molecular formula is C34H54N2O. The van der Waals surface area contributed by atoms with Crippen LogP contribution in [0.1, 0.15) is 123 Å². The number of hydrogen-bond donors (Lipinski definition) is 2. The summed E-state index contributed by atoms with van der Waals surface area (Å²) in [5, 5.41) is 3.08. The van der Waals surface area contributed by atoms with Crippen molar-refractivity contribution < 1.29 is 4.79 Å². The molecule has 4 fully saturated rings. The van der Waals surface area contributed by atoms with Crippen LogP contribution >= 0.6 is 0 Å². The molecule has 8 atom stereocenters. The Morgan fingerprint density at radius 1 is 0.946 bits per heavy atom. The Hall–Kier alpha value is -1.35. The van der Waals surface area contributed by atoms with Gasteiger partial charge >= 0.3 is 0 Å². The van der Waals surface area contributed by atoms with Gasteiger partial charge in [-0.2, -0.15) is 0 Å². The van der Waals surface area contributed by atoms with Crippen molar-refractivity contribution in [2.24, 2.45) is 46.2 Å². The molecule has 1 aromatic rings. The summed E-state index contributed by atoms with van der Waals surface area (Å²) in [4.78, 5) is 12.3. The average molecular weight is 507 g/mol. The van der Waals surface area contributed by atoms with Gasteiger partial charge in [0.15, 0.2) is 0 Å². The number of nitrogens with one attached hydrogen (secondary N) is 1. The van der Waals surface area contributed by atoms with Gasteiger partial charge in [-0.05, 0) is 104 Å². The zero-order chi connectivity index (χ0) is 26.1. The minimum Gasteiger partial charge on any atom is -0.352 e. The number of fused-ring (bicyclic) bond motifs is 5. The lowest BCUT2D eigenvalue weighted by atomic mass is 9.40. The fourth-order valence-corrected chi connectivity index (χ4v) is 10.6. The molecule has 206 valence electrons. The summed E-state index contributed by atoms with van der Waals surface area (Å²) in [6, 6.07) is 10.2. The molecule has 4 aliphatic carbocycles. The minimum absolute atomic E-state index is 0.0574. The van der Waals surface area contributed by atoms with Crippen LogP contribution in [-0.2, 0) is 11.3 Å². The summed E-state index contributed by atoms with van der Waals surface area (Å²) in [5.41, 5.74) is 9.82. The van der Waals surface area contributed by atoms with Gasteiger partial charge in [-0.15, -0.1) is 0 Å². The van der Waals surface area contributed by atoms with Crippen molar-refractivity contribution in [3.63, 3.8) is 0 Å². The Bertz CT molecular complexity index is 916. The van der Waals surface area contributed by atoms with Crippen molar-refractivity contribution in [3.05, 3.63) is 35.9 Å². The van der Waals surface area contributed by atoms with Gasteiger partial charge in [-0.1, -0.05) is 83.2 Å². The smallest absolute Gasteiger partial charge is 0.220 e. The summed E-state index contributed by atoms with van der Waals surface area (Å²) in [6.07, 6.45) is 19.3. The third kappa shape index (κ3) is 5.04. The predicted octanol–water partition coefficient (Wildman–Crippen LogP) is 8.02. The number of carbonyl (C=O) groups excluding carboxylic acids is 1. The molecule has 37 heavy (non-hydrogen) atoms. The van der Waals surface area contributed by atoms with Crippen LogP contribution in [0.25, 0.3) is 0 Å². The van der Waals surface area contributed by atoms with E-state index in [1.165, 1.54) is 89.0 Å². The van der Waals surface area contributed by atoms with Gasteiger partial charge in [0, 0.05) is 18.5 Å². The molecule has 0 bridgehead atoms. The molecule has 4 saturated carbocycles. The van der Waals surface area contributed by atoms with Crippen molar-refractivity contribution in [1.29, 1.82) is 0 Å². The Labute approximate surface area is 227 Å². The maximum absolute atomic E-state index is 12.3. The highest BCUT2D eigenvalue weighted by atomic mass is 16.1. The van der Waals surface area contributed by atoms with Crippen LogP contribution in [-0.4, -0.2) is 11.4 Å². The van der Waals surface area contributed by atoms with E-state index in [-0.39, 0.29) is 11.4 Å². The van der Waals surface area contributed by atoms with Gasteiger partial charge in [0.1, 0.15) is 0 Å². The van der Waals surface area contributed by atoms with Gasteiger partial charge < -0.3 is 11.1 Å². The standard InChI is InChI=1S/C34H54N2O/c1-4-26-23-34(35)29-19-18-27(15-9-6-10-17-31(37)36-24-25-13-7-5-8-14-25)32(29,2)22-20-30(34)33(3)21-12-11-16-28(26)33/h5,7-8,13-14,26-30H,4,6,9-12,15-24,35H2,1-3H3,(H,36,37)/t26-,27?,28?,29?,30+,32+,33?,34+/m0/s1. The number of nitrogens with two attached hydrogens (primary N) is 1. The lowest BCUT2D eigenvalue weighted by Crippen LogP contribution is -2.69. The van der Waals surface area contributed by atoms with Crippen LogP contribution in [0.5, 0.6) is 0 Å². The first-order chi connectivity index (χ1) is 17.8. The van der Waals surface area contributed by atoms with E-state index in [1.807, 2.05) is 18.2 Å². The van der Waals surface area contributed by atoms with Gasteiger partial charge in [0.05, 0.1) is 0 Å². The van der Waals surface area contributed by atoms with E-state index in [4.69, 9.17) is 5.73 Å². The van der Waals surface area contributed by atoms with Crippen LogP contribution in [0, 0.1) is 40.4 Å². The highest BCUT2D eigenvalue weighted by Gasteiger charge is 2.66. The van der Waals surface area contributed by atoms with Crippen LogP contribution in [0.15, 0.2) is 30.3 Å². The van der Waals surface area contributed by atoms with Gasteiger partial charge in [-0.25, -0.2) is 0 Å². The highest BCUT2D eigenvalue weighted by molar-refractivity contribution is 5.75. The molecule has 1 amide bonds. The summed E-state index contributed by atoms with van der Waals surface area (Å²) >= 11 is 0. The molecule has 4 aliphatic rings. The first-order valence-corrected chi connectivity index (χ1v) is 15.9. The van der Waals surface area contributed by atoms with E-state index >= 15 is 0 Å². The summed E-state index contributed by atoms with van der Waals surface area (Å²) in [7, 11) is 0. The highest BCUT2D eigenvalue weighted by Crippen LogP contribution is 2.69. The number of benzene rings is 1. The van der Waals surface area contributed by atoms with Gasteiger partial charge in [0.25, 0.3) is 0 Å². The van der Waals surface area contributed by atoms with E-state index in [0.717, 1.165) is 30.1 Å². The first kappa shape index (κ1) is 27.2. The third-order valence-corrected chi connectivity index (χ3v) is 12.4. The van der Waals surface area contributed by atoms with Gasteiger partial charge in [-0.3, -0.25) is 4.79 Å². The second-order valence-electron chi connectivity index (χ2n) is 14.1. The zero-order valence-corrected chi connectivity index (χ0v) is 24.1. The molecule has 1 aromatic carbocycles. The number of unbranched alkanes of at least 4 members (excludes halogenated alkanes) is 2. The van der Waals surface area contributed by atoms with E-state index < -0.39 is 0 Å². The normalized spacial score (nSPS) is 40.9. The molecule has 4 unspecified atom stereocenters. The molecule has 0 aromatic heterocycles. The van der Waals surface area contributed by atoms with Gasteiger partial charge in [0.2, 0.25) is 5.91 Å². The molecule has 0 aliphatic heterocycles. The predicted molar refractivity (Wildman–Crippen MR) is 154 cm³/mol. The lowest BCUT2D eigenvalue weighted by Gasteiger charge is -2.67. The SMILES string of the molecule is CC[C@H]1C[C@@]2(N)C3CCC(CCCCCC(=O)NCc4ccccc4)[C@@]3(C)CC[C@@H]2C2(C)CCCCC12. The molecule has 3 N–H and O–H groups in total. The van der Waals surface area contributed by atoms with E-state index in [9.17, 15) is 4.79 Å². The number of rotatable bonds is 9. The van der Waals surface area contributed by atoms with Crippen molar-refractivity contribution in [2.75, 3.05) is 0 Å². The summed E-state index contributed by atoms with van der Waals surface area (Å²) in [6.45, 7) is 8.37. The van der Waals surface area contributed by atoms with E-state index in [1.54, 1.807) is 0 Å².